The molecule has 1 atom stereocenters. The molecule has 112 valence electrons. The summed E-state index contributed by atoms with van der Waals surface area (Å²) in [5.74, 6) is 0.960. The molecule has 0 aliphatic carbocycles. The molecule has 1 aromatic rings. The number of carboxylic acids is 1. The number of hydrogen-bond donors (Lipinski definition) is 2. The molecule has 2 rings (SSSR count). The minimum atomic E-state index is -0.880. The number of aliphatic carboxylic acids is 1. The molecule has 2 N–H and O–H groups in total. The molecule has 0 radical (unpaired) electrons. The third-order valence-corrected chi connectivity index (χ3v) is 4.90. The van der Waals surface area contributed by atoms with Crippen LogP contribution in [0.1, 0.15) is 38.4 Å². The van der Waals surface area contributed by atoms with Crippen LogP contribution in [0.3, 0.4) is 0 Å². The molecule has 7 heteroatoms. The molecule has 1 aliphatic rings. The summed E-state index contributed by atoms with van der Waals surface area (Å²) >= 11 is 1.60. The maximum Gasteiger partial charge on any atom is 0.323 e. The predicted molar refractivity (Wildman–Crippen MR) is 78.0 cm³/mol. The summed E-state index contributed by atoms with van der Waals surface area (Å²) in [6.45, 7) is 2.69. The van der Waals surface area contributed by atoms with Crippen LogP contribution in [0.25, 0.3) is 0 Å². The lowest BCUT2D eigenvalue weighted by Crippen LogP contribution is -2.47. The fraction of sp³-hybridized carbons (Fsp3) is 0.769. The summed E-state index contributed by atoms with van der Waals surface area (Å²) in [5, 5.41) is 21.5. The maximum absolute atomic E-state index is 11.2. The molecule has 0 fully saturated rings. The average molecular weight is 298 g/mol. The molecular weight excluding hydrogens is 276 g/mol. The first-order valence-electron chi connectivity index (χ1n) is 7.04. The molecule has 1 aromatic heterocycles. The number of fused-ring (bicyclic) bond motifs is 1. The van der Waals surface area contributed by atoms with Crippen LogP contribution in [0.2, 0.25) is 0 Å². The van der Waals surface area contributed by atoms with E-state index < -0.39 is 11.5 Å². The Balaban J connectivity index is 1.95. The SMILES string of the molecule is CNC(C)(CCSc1nnc2n1CCCCC2)C(=O)O. The van der Waals surface area contributed by atoms with E-state index in [0.29, 0.717) is 12.2 Å². The maximum atomic E-state index is 11.2. The summed E-state index contributed by atoms with van der Waals surface area (Å²) in [6, 6.07) is 0. The van der Waals surface area contributed by atoms with Crippen LogP contribution < -0.4 is 5.32 Å². The Morgan fingerprint density at radius 3 is 2.95 bits per heavy atom. The number of carbonyl (C=O) groups is 1. The monoisotopic (exact) mass is 298 g/mol. The van der Waals surface area contributed by atoms with Crippen molar-refractivity contribution in [1.29, 1.82) is 0 Å². The molecule has 0 aromatic carbocycles. The number of thioether (sulfide) groups is 1. The van der Waals surface area contributed by atoms with Crippen LogP contribution in [-0.4, -0.2) is 44.2 Å². The average Bonchev–Trinajstić information content (AvgIpc) is 2.67. The van der Waals surface area contributed by atoms with Crippen molar-refractivity contribution in [3.8, 4) is 0 Å². The van der Waals surface area contributed by atoms with Gasteiger partial charge in [0.2, 0.25) is 0 Å². The Hall–Kier alpha value is -1.08. The van der Waals surface area contributed by atoms with E-state index in [4.69, 9.17) is 0 Å². The highest BCUT2D eigenvalue weighted by Crippen LogP contribution is 2.24. The van der Waals surface area contributed by atoms with Crippen molar-refractivity contribution in [3.63, 3.8) is 0 Å². The van der Waals surface area contributed by atoms with E-state index in [-0.39, 0.29) is 0 Å². The van der Waals surface area contributed by atoms with Gasteiger partial charge < -0.3 is 15.0 Å². The molecule has 0 saturated heterocycles. The van der Waals surface area contributed by atoms with E-state index >= 15 is 0 Å². The number of nitrogens with one attached hydrogen (secondary N) is 1. The van der Waals surface area contributed by atoms with Crippen LogP contribution in [0.4, 0.5) is 0 Å². The van der Waals surface area contributed by atoms with E-state index in [1.165, 1.54) is 19.3 Å². The number of rotatable bonds is 6. The van der Waals surface area contributed by atoms with Gasteiger partial charge in [-0.25, -0.2) is 0 Å². The fourth-order valence-corrected chi connectivity index (χ4v) is 3.39. The minimum absolute atomic E-state index is 0.547. The van der Waals surface area contributed by atoms with Gasteiger partial charge in [-0.2, -0.15) is 0 Å². The van der Waals surface area contributed by atoms with Crippen LogP contribution in [0.5, 0.6) is 0 Å². The minimum Gasteiger partial charge on any atom is -0.480 e. The van der Waals surface area contributed by atoms with Crippen molar-refractivity contribution in [3.05, 3.63) is 5.82 Å². The third-order valence-electron chi connectivity index (χ3n) is 3.93. The molecule has 1 unspecified atom stereocenters. The number of likely N-dealkylation sites (N-methyl/N-ethyl adjacent to an activating group) is 1. The Bertz CT molecular complexity index is 477. The lowest BCUT2D eigenvalue weighted by Gasteiger charge is -2.23. The topological polar surface area (TPSA) is 80.0 Å². The van der Waals surface area contributed by atoms with Gasteiger partial charge in [0.25, 0.3) is 0 Å². The summed E-state index contributed by atoms with van der Waals surface area (Å²) < 4.78 is 2.19. The molecule has 20 heavy (non-hydrogen) atoms. The van der Waals surface area contributed by atoms with Crippen molar-refractivity contribution in [1.82, 2.24) is 20.1 Å². The van der Waals surface area contributed by atoms with Gasteiger partial charge in [-0.15, -0.1) is 10.2 Å². The first kappa shape index (κ1) is 15.3. The molecule has 0 bridgehead atoms. The van der Waals surface area contributed by atoms with Gasteiger partial charge in [0.1, 0.15) is 11.4 Å². The second-order valence-corrected chi connectivity index (χ2v) is 6.41. The van der Waals surface area contributed by atoms with E-state index in [0.717, 1.165) is 23.9 Å². The highest BCUT2D eigenvalue weighted by atomic mass is 32.2. The van der Waals surface area contributed by atoms with Gasteiger partial charge >= 0.3 is 5.97 Å². The quantitative estimate of drug-likeness (QED) is 0.776. The van der Waals surface area contributed by atoms with Gasteiger partial charge in [0.05, 0.1) is 0 Å². The number of carboxylic acid groups (broad SMARTS) is 1. The van der Waals surface area contributed by atoms with Crippen molar-refractivity contribution < 1.29 is 9.90 Å². The highest BCUT2D eigenvalue weighted by molar-refractivity contribution is 7.99. The molecule has 0 saturated carbocycles. The second kappa shape index (κ2) is 6.58. The zero-order valence-corrected chi connectivity index (χ0v) is 12.9. The molecule has 6 nitrogen and oxygen atoms in total. The molecule has 0 spiro atoms. The largest absolute Gasteiger partial charge is 0.480 e. The smallest absolute Gasteiger partial charge is 0.323 e. The summed E-state index contributed by atoms with van der Waals surface area (Å²) in [6.07, 6.45) is 5.13. The van der Waals surface area contributed by atoms with E-state index in [2.05, 4.69) is 20.1 Å². The van der Waals surface area contributed by atoms with Crippen LogP contribution in [-0.2, 0) is 17.8 Å². The fourth-order valence-electron chi connectivity index (χ4n) is 2.25. The van der Waals surface area contributed by atoms with Gasteiger partial charge in [0, 0.05) is 18.7 Å². The predicted octanol–water partition coefficient (Wildman–Crippen LogP) is 1.55. The Labute approximate surface area is 123 Å². The van der Waals surface area contributed by atoms with Gasteiger partial charge in [-0.1, -0.05) is 18.2 Å². The van der Waals surface area contributed by atoms with Crippen molar-refractivity contribution in [2.45, 2.75) is 56.3 Å². The second-order valence-electron chi connectivity index (χ2n) is 5.35. The van der Waals surface area contributed by atoms with Gasteiger partial charge in [0.15, 0.2) is 5.16 Å². The van der Waals surface area contributed by atoms with Crippen molar-refractivity contribution in [2.75, 3.05) is 12.8 Å². The zero-order chi connectivity index (χ0) is 14.6. The zero-order valence-electron chi connectivity index (χ0n) is 12.1. The summed E-state index contributed by atoms with van der Waals surface area (Å²) in [4.78, 5) is 11.2. The first-order chi connectivity index (χ1) is 9.57. The van der Waals surface area contributed by atoms with E-state index in [1.54, 1.807) is 25.7 Å². The van der Waals surface area contributed by atoms with Crippen LogP contribution in [0, 0.1) is 0 Å². The van der Waals surface area contributed by atoms with Gasteiger partial charge in [-0.3, -0.25) is 4.79 Å². The number of aromatic nitrogens is 3. The number of nitrogens with zero attached hydrogens (tertiary/aromatic N) is 3. The molecule has 2 heterocycles. The van der Waals surface area contributed by atoms with Crippen molar-refractivity contribution >= 4 is 17.7 Å². The van der Waals surface area contributed by atoms with E-state index in [9.17, 15) is 9.90 Å². The lowest BCUT2D eigenvalue weighted by molar-refractivity contribution is -0.144. The van der Waals surface area contributed by atoms with Crippen LogP contribution >= 0.6 is 11.8 Å². The molecular formula is C13H22N4O2S. The molecule has 0 amide bonds. The van der Waals surface area contributed by atoms with Gasteiger partial charge in [-0.05, 0) is 33.2 Å². The third kappa shape index (κ3) is 3.32. The van der Waals surface area contributed by atoms with Crippen LogP contribution in [0.15, 0.2) is 5.16 Å². The first-order valence-corrected chi connectivity index (χ1v) is 8.02. The Morgan fingerprint density at radius 1 is 1.45 bits per heavy atom. The summed E-state index contributed by atoms with van der Waals surface area (Å²) in [5.41, 5.74) is -0.880. The number of hydrogen-bond acceptors (Lipinski definition) is 5. The lowest BCUT2D eigenvalue weighted by atomic mass is 10.00. The normalized spacial score (nSPS) is 18.1. The highest BCUT2D eigenvalue weighted by Gasteiger charge is 2.30. The molecule has 1 aliphatic heterocycles. The Morgan fingerprint density at radius 2 is 2.25 bits per heavy atom. The standard InChI is InChI=1S/C13H22N4O2S/c1-13(14-2,11(18)19)7-9-20-12-16-15-10-6-4-3-5-8-17(10)12/h14H,3-9H2,1-2H3,(H,18,19). The van der Waals surface area contributed by atoms with Crippen molar-refractivity contribution in [2.24, 2.45) is 0 Å². The van der Waals surface area contributed by atoms with E-state index in [1.807, 2.05) is 0 Å². The Kier molecular flexibility index (Phi) is 5.04. The number of aryl methyl sites for hydroxylation is 1. The summed E-state index contributed by atoms with van der Waals surface area (Å²) in [7, 11) is 1.68.